The largest absolute Gasteiger partial charge is 0.495 e. The first-order valence-corrected chi connectivity index (χ1v) is 6.26. The van der Waals surface area contributed by atoms with E-state index in [2.05, 4.69) is 26.2 Å². The van der Waals surface area contributed by atoms with Crippen LogP contribution in [0.3, 0.4) is 0 Å². The second-order valence-corrected chi connectivity index (χ2v) is 4.60. The molecule has 0 unspecified atom stereocenters. The summed E-state index contributed by atoms with van der Waals surface area (Å²) in [4.78, 5) is 16.1. The smallest absolute Gasteiger partial charge is 0.275 e. The van der Waals surface area contributed by atoms with Crippen molar-refractivity contribution in [2.24, 2.45) is 0 Å². The summed E-state index contributed by atoms with van der Waals surface area (Å²) >= 11 is 3.28. The van der Waals surface area contributed by atoms with Gasteiger partial charge >= 0.3 is 0 Å². The number of benzene rings is 1. The highest BCUT2D eigenvalue weighted by molar-refractivity contribution is 9.10. The number of anilines is 2. The number of nitrogens with two attached hydrogens (primary N) is 1. The van der Waals surface area contributed by atoms with Crippen LogP contribution in [0.15, 0.2) is 41.0 Å². The molecular weight excluding hydrogens is 310 g/mol. The van der Waals surface area contributed by atoms with E-state index in [1.807, 2.05) is 0 Å². The number of aromatic nitrogens is 1. The molecule has 1 aromatic carbocycles. The molecule has 0 spiro atoms. The number of carbonyl (C=O) groups excluding carboxylic acids is 1. The molecule has 3 N–H and O–H groups in total. The van der Waals surface area contributed by atoms with Crippen molar-refractivity contribution >= 4 is 33.2 Å². The molecule has 0 fully saturated rings. The normalized spacial score (nSPS) is 10.0. The fourth-order valence-electron chi connectivity index (χ4n) is 1.53. The Kier molecular flexibility index (Phi) is 4.01. The number of amides is 1. The van der Waals surface area contributed by atoms with Gasteiger partial charge in [-0.1, -0.05) is 0 Å². The number of nitrogens with zero attached hydrogens (tertiary/aromatic N) is 1. The summed E-state index contributed by atoms with van der Waals surface area (Å²) in [6, 6.07) is 8.52. The minimum Gasteiger partial charge on any atom is -0.495 e. The SMILES string of the molecule is COc1cc(NC(=O)c2ncccc2Br)ccc1N. The summed E-state index contributed by atoms with van der Waals surface area (Å²) in [7, 11) is 1.52. The molecule has 19 heavy (non-hydrogen) atoms. The maximum atomic E-state index is 12.0. The zero-order valence-corrected chi connectivity index (χ0v) is 11.8. The number of halogens is 1. The van der Waals surface area contributed by atoms with Crippen LogP contribution in [0.1, 0.15) is 10.5 Å². The van der Waals surface area contributed by atoms with Crippen molar-refractivity contribution in [3.63, 3.8) is 0 Å². The zero-order valence-electron chi connectivity index (χ0n) is 10.2. The highest BCUT2D eigenvalue weighted by Gasteiger charge is 2.12. The summed E-state index contributed by atoms with van der Waals surface area (Å²) in [6.45, 7) is 0. The Hall–Kier alpha value is -2.08. The van der Waals surface area contributed by atoms with Crippen LogP contribution in [0.25, 0.3) is 0 Å². The number of nitrogen functional groups attached to an aromatic ring is 1. The van der Waals surface area contributed by atoms with Gasteiger partial charge in [0.2, 0.25) is 0 Å². The highest BCUT2D eigenvalue weighted by Crippen LogP contribution is 2.25. The van der Waals surface area contributed by atoms with E-state index in [4.69, 9.17) is 10.5 Å². The second-order valence-electron chi connectivity index (χ2n) is 3.74. The maximum absolute atomic E-state index is 12.0. The van der Waals surface area contributed by atoms with Gasteiger partial charge in [-0.2, -0.15) is 0 Å². The van der Waals surface area contributed by atoms with Crippen LogP contribution in [-0.4, -0.2) is 18.0 Å². The fraction of sp³-hybridized carbons (Fsp3) is 0.0769. The van der Waals surface area contributed by atoms with E-state index in [9.17, 15) is 4.79 Å². The number of rotatable bonds is 3. The van der Waals surface area contributed by atoms with Crippen LogP contribution in [0.4, 0.5) is 11.4 Å². The summed E-state index contributed by atoms with van der Waals surface area (Å²) in [5.41, 5.74) is 7.13. The predicted octanol–water partition coefficient (Wildman–Crippen LogP) is 2.69. The lowest BCUT2D eigenvalue weighted by atomic mass is 10.2. The van der Waals surface area contributed by atoms with Crippen molar-refractivity contribution in [3.05, 3.63) is 46.7 Å². The van der Waals surface area contributed by atoms with Gasteiger partial charge in [0.05, 0.1) is 12.8 Å². The molecule has 0 atom stereocenters. The first-order valence-electron chi connectivity index (χ1n) is 5.47. The quantitative estimate of drug-likeness (QED) is 0.852. The third-order valence-corrected chi connectivity index (χ3v) is 3.10. The molecule has 98 valence electrons. The monoisotopic (exact) mass is 321 g/mol. The number of nitrogens with one attached hydrogen (secondary N) is 1. The van der Waals surface area contributed by atoms with Crippen LogP contribution in [0.5, 0.6) is 5.75 Å². The Morgan fingerprint density at radius 2 is 2.21 bits per heavy atom. The van der Waals surface area contributed by atoms with Crippen molar-refractivity contribution < 1.29 is 9.53 Å². The molecule has 0 saturated carbocycles. The van der Waals surface area contributed by atoms with Crippen molar-refractivity contribution in [3.8, 4) is 5.75 Å². The average Bonchev–Trinajstić information content (AvgIpc) is 2.41. The molecule has 1 amide bonds. The number of ether oxygens (including phenoxy) is 1. The third-order valence-electron chi connectivity index (χ3n) is 2.46. The van der Waals surface area contributed by atoms with Gasteiger partial charge in [0, 0.05) is 22.4 Å². The molecule has 0 aliphatic heterocycles. The van der Waals surface area contributed by atoms with Crippen molar-refractivity contribution in [1.82, 2.24) is 4.98 Å². The van der Waals surface area contributed by atoms with Gasteiger partial charge in [-0.25, -0.2) is 4.98 Å². The van der Waals surface area contributed by atoms with Crippen molar-refractivity contribution in [1.29, 1.82) is 0 Å². The standard InChI is InChI=1S/C13H12BrN3O2/c1-19-11-7-8(4-5-10(11)15)17-13(18)12-9(14)3-2-6-16-12/h2-7H,15H2,1H3,(H,17,18). The fourth-order valence-corrected chi connectivity index (χ4v) is 1.97. The second kappa shape index (κ2) is 5.71. The van der Waals surface area contributed by atoms with E-state index in [1.54, 1.807) is 36.5 Å². The highest BCUT2D eigenvalue weighted by atomic mass is 79.9. The van der Waals surface area contributed by atoms with Gasteiger partial charge in [-0.15, -0.1) is 0 Å². The zero-order chi connectivity index (χ0) is 13.8. The van der Waals surface area contributed by atoms with Crippen LogP contribution >= 0.6 is 15.9 Å². The van der Waals surface area contributed by atoms with Crippen LogP contribution in [0, 0.1) is 0 Å². The molecule has 0 radical (unpaired) electrons. The Labute approximate surface area is 118 Å². The molecule has 1 heterocycles. The van der Waals surface area contributed by atoms with Crippen molar-refractivity contribution in [2.75, 3.05) is 18.2 Å². The van der Waals surface area contributed by atoms with Gasteiger partial charge in [-0.05, 0) is 40.2 Å². The topological polar surface area (TPSA) is 77.2 Å². The number of hydrogen-bond donors (Lipinski definition) is 2. The third kappa shape index (κ3) is 3.03. The van der Waals surface area contributed by atoms with Crippen LogP contribution < -0.4 is 15.8 Å². The van der Waals surface area contributed by atoms with E-state index in [1.165, 1.54) is 7.11 Å². The van der Waals surface area contributed by atoms with Gasteiger partial charge in [0.15, 0.2) is 0 Å². The maximum Gasteiger partial charge on any atom is 0.275 e. The molecule has 2 aromatic rings. The van der Waals surface area contributed by atoms with Gasteiger partial charge in [0.1, 0.15) is 11.4 Å². The summed E-state index contributed by atoms with van der Waals surface area (Å²) < 4.78 is 5.73. The Morgan fingerprint density at radius 3 is 2.89 bits per heavy atom. The summed E-state index contributed by atoms with van der Waals surface area (Å²) in [5.74, 6) is 0.206. The molecule has 0 saturated heterocycles. The number of pyridine rings is 1. The molecule has 6 heteroatoms. The Bertz CT molecular complexity index is 617. The first-order chi connectivity index (χ1) is 9.11. The minimum atomic E-state index is -0.306. The van der Waals surface area contributed by atoms with Crippen LogP contribution in [-0.2, 0) is 0 Å². The average molecular weight is 322 g/mol. The Balaban J connectivity index is 2.22. The van der Waals surface area contributed by atoms with E-state index in [-0.39, 0.29) is 5.91 Å². The summed E-state index contributed by atoms with van der Waals surface area (Å²) in [5, 5.41) is 2.73. The predicted molar refractivity (Wildman–Crippen MR) is 77.3 cm³/mol. The molecule has 0 aliphatic rings. The summed E-state index contributed by atoms with van der Waals surface area (Å²) in [6.07, 6.45) is 1.56. The van der Waals surface area contributed by atoms with E-state index < -0.39 is 0 Å². The molecule has 0 bridgehead atoms. The van der Waals surface area contributed by atoms with E-state index in [0.717, 1.165) is 0 Å². The first kappa shape index (κ1) is 13.4. The lowest BCUT2D eigenvalue weighted by molar-refractivity contribution is 0.102. The number of carbonyl (C=O) groups is 1. The Morgan fingerprint density at radius 1 is 1.42 bits per heavy atom. The molecule has 0 aliphatic carbocycles. The molecular formula is C13H12BrN3O2. The lowest BCUT2D eigenvalue weighted by Crippen LogP contribution is -2.14. The molecule has 5 nitrogen and oxygen atoms in total. The van der Waals surface area contributed by atoms with Gasteiger partial charge in [0.25, 0.3) is 5.91 Å². The molecule has 2 rings (SSSR count). The molecule has 1 aromatic heterocycles. The van der Waals surface area contributed by atoms with E-state index >= 15 is 0 Å². The van der Waals surface area contributed by atoms with Gasteiger partial charge in [-0.3, -0.25) is 4.79 Å². The van der Waals surface area contributed by atoms with Crippen molar-refractivity contribution in [2.45, 2.75) is 0 Å². The number of methoxy groups -OCH3 is 1. The van der Waals surface area contributed by atoms with Gasteiger partial charge < -0.3 is 15.8 Å². The minimum absolute atomic E-state index is 0.306. The van der Waals surface area contributed by atoms with Crippen LogP contribution in [0.2, 0.25) is 0 Å². The number of hydrogen-bond acceptors (Lipinski definition) is 4. The van der Waals surface area contributed by atoms with E-state index in [0.29, 0.717) is 27.3 Å². The lowest BCUT2D eigenvalue weighted by Gasteiger charge is -2.09.